The van der Waals surface area contributed by atoms with Gasteiger partial charge in [-0.25, -0.2) is 0 Å². The van der Waals surface area contributed by atoms with Crippen LogP contribution in [-0.2, 0) is 0 Å². The Morgan fingerprint density at radius 3 is 3.11 bits per heavy atom. The van der Waals surface area contributed by atoms with E-state index in [-0.39, 0.29) is 5.54 Å². The minimum Gasteiger partial charge on any atom is -0.493 e. The van der Waals surface area contributed by atoms with Crippen molar-refractivity contribution in [1.29, 1.82) is 0 Å². The molecule has 3 heteroatoms. The molecule has 0 aromatic heterocycles. The van der Waals surface area contributed by atoms with Gasteiger partial charge in [0.25, 0.3) is 0 Å². The molecule has 2 atom stereocenters. The molecule has 102 valence electrons. The van der Waals surface area contributed by atoms with Gasteiger partial charge in [0.1, 0.15) is 18.1 Å². The summed E-state index contributed by atoms with van der Waals surface area (Å²) in [5.74, 6) is 3.35. The van der Waals surface area contributed by atoms with E-state index in [9.17, 15) is 0 Å². The molecule has 1 saturated carbocycles. The fourth-order valence-electron chi connectivity index (χ4n) is 3.34. The zero-order chi connectivity index (χ0) is 12.9. The van der Waals surface area contributed by atoms with E-state index in [1.165, 1.54) is 24.8 Å². The third-order valence-electron chi connectivity index (χ3n) is 4.80. The minimum atomic E-state index is 0.114. The molecule has 1 saturated heterocycles. The van der Waals surface area contributed by atoms with Crippen LogP contribution in [0.3, 0.4) is 0 Å². The molecule has 3 aliphatic rings. The minimum absolute atomic E-state index is 0.114. The first-order chi connectivity index (χ1) is 9.24. The molecule has 4 rings (SSSR count). The van der Waals surface area contributed by atoms with Gasteiger partial charge in [-0.15, -0.1) is 0 Å². The Kier molecular flexibility index (Phi) is 2.52. The third kappa shape index (κ3) is 2.00. The van der Waals surface area contributed by atoms with Gasteiger partial charge in [0, 0.05) is 12.0 Å². The van der Waals surface area contributed by atoms with E-state index in [1.54, 1.807) is 0 Å². The molecule has 1 N–H and O–H groups in total. The Labute approximate surface area is 114 Å². The summed E-state index contributed by atoms with van der Waals surface area (Å²) in [6.07, 6.45) is 3.86. The third-order valence-corrected chi connectivity index (χ3v) is 4.80. The van der Waals surface area contributed by atoms with Crippen LogP contribution in [0.25, 0.3) is 0 Å². The van der Waals surface area contributed by atoms with Crippen LogP contribution >= 0.6 is 0 Å². The van der Waals surface area contributed by atoms with Crippen LogP contribution < -0.4 is 14.8 Å². The maximum Gasteiger partial charge on any atom is 0.126 e. The van der Waals surface area contributed by atoms with Crippen molar-refractivity contribution in [3.63, 3.8) is 0 Å². The lowest BCUT2D eigenvalue weighted by Gasteiger charge is -2.37. The van der Waals surface area contributed by atoms with Crippen molar-refractivity contribution in [2.75, 3.05) is 19.8 Å². The summed E-state index contributed by atoms with van der Waals surface area (Å²) < 4.78 is 11.8. The van der Waals surface area contributed by atoms with Crippen LogP contribution in [0.4, 0.5) is 0 Å². The summed E-state index contributed by atoms with van der Waals surface area (Å²) in [7, 11) is 0. The van der Waals surface area contributed by atoms with Crippen LogP contribution in [0.15, 0.2) is 18.2 Å². The highest BCUT2D eigenvalue weighted by Gasteiger charge is 2.44. The lowest BCUT2D eigenvalue weighted by Crippen LogP contribution is -2.48. The second kappa shape index (κ2) is 4.14. The van der Waals surface area contributed by atoms with Crippen molar-refractivity contribution in [3.8, 4) is 11.5 Å². The lowest BCUT2D eigenvalue weighted by molar-refractivity contribution is 0.169. The first kappa shape index (κ1) is 11.6. The summed E-state index contributed by atoms with van der Waals surface area (Å²) in [6.45, 7) is 4.98. The molecule has 1 aromatic carbocycles. The Balaban J connectivity index is 1.58. The van der Waals surface area contributed by atoms with E-state index in [0.29, 0.717) is 5.92 Å². The highest BCUT2D eigenvalue weighted by molar-refractivity contribution is 5.46. The van der Waals surface area contributed by atoms with E-state index in [2.05, 4.69) is 30.4 Å². The monoisotopic (exact) mass is 259 g/mol. The highest BCUT2D eigenvalue weighted by Crippen LogP contribution is 2.45. The van der Waals surface area contributed by atoms with Gasteiger partial charge in [-0.05, 0) is 50.3 Å². The average Bonchev–Trinajstić information content (AvgIpc) is 3.16. The van der Waals surface area contributed by atoms with Crippen molar-refractivity contribution in [3.05, 3.63) is 23.8 Å². The summed E-state index contributed by atoms with van der Waals surface area (Å²) in [4.78, 5) is 0. The second-order valence-electron chi connectivity index (χ2n) is 6.43. The maximum absolute atomic E-state index is 5.96. The summed E-state index contributed by atoms with van der Waals surface area (Å²) in [5.41, 5.74) is 1.46. The SMILES string of the molecule is C[C@@]12COc3cc(OCC4CC4)ccc3[C@@H]1CCN2. The smallest absolute Gasteiger partial charge is 0.126 e. The molecule has 0 spiro atoms. The molecule has 2 heterocycles. The van der Waals surface area contributed by atoms with Crippen molar-refractivity contribution in [2.45, 2.75) is 37.6 Å². The van der Waals surface area contributed by atoms with Crippen LogP contribution in [0.2, 0.25) is 0 Å². The van der Waals surface area contributed by atoms with Crippen molar-refractivity contribution >= 4 is 0 Å². The van der Waals surface area contributed by atoms with Crippen LogP contribution in [0.1, 0.15) is 37.7 Å². The standard InChI is InChI=1S/C16H21NO2/c1-16-10-19-15-8-12(18-9-11-2-3-11)4-5-13(15)14(16)6-7-17-16/h4-5,8,11,14,17H,2-3,6-7,9-10H2,1H3/t14-,16+/m0/s1. The van der Waals surface area contributed by atoms with E-state index in [4.69, 9.17) is 9.47 Å². The van der Waals surface area contributed by atoms with Crippen LogP contribution in [-0.4, -0.2) is 25.3 Å². The maximum atomic E-state index is 5.96. The topological polar surface area (TPSA) is 30.5 Å². The number of rotatable bonds is 3. The Morgan fingerprint density at radius 1 is 1.37 bits per heavy atom. The van der Waals surface area contributed by atoms with E-state index >= 15 is 0 Å². The van der Waals surface area contributed by atoms with Gasteiger partial charge in [0.15, 0.2) is 0 Å². The van der Waals surface area contributed by atoms with Crippen molar-refractivity contribution in [2.24, 2.45) is 5.92 Å². The molecule has 0 unspecified atom stereocenters. The second-order valence-corrected chi connectivity index (χ2v) is 6.43. The summed E-state index contributed by atoms with van der Waals surface area (Å²) in [5, 5.41) is 3.58. The van der Waals surface area contributed by atoms with E-state index in [1.807, 2.05) is 0 Å². The molecule has 3 nitrogen and oxygen atoms in total. The first-order valence-electron chi connectivity index (χ1n) is 7.39. The van der Waals surface area contributed by atoms with Gasteiger partial charge < -0.3 is 14.8 Å². The number of hydrogen-bond acceptors (Lipinski definition) is 3. The lowest BCUT2D eigenvalue weighted by atomic mass is 9.80. The van der Waals surface area contributed by atoms with Gasteiger partial charge in [0.2, 0.25) is 0 Å². The predicted octanol–water partition coefficient (Wildman–Crippen LogP) is 2.70. The molecule has 19 heavy (non-hydrogen) atoms. The number of ether oxygens (including phenoxy) is 2. The molecule has 0 radical (unpaired) electrons. The van der Waals surface area contributed by atoms with Gasteiger partial charge in [-0.1, -0.05) is 6.07 Å². The summed E-state index contributed by atoms with van der Waals surface area (Å²) in [6, 6.07) is 6.39. The average molecular weight is 259 g/mol. The molecule has 2 fully saturated rings. The quantitative estimate of drug-likeness (QED) is 0.905. The van der Waals surface area contributed by atoms with Crippen molar-refractivity contribution in [1.82, 2.24) is 5.32 Å². The van der Waals surface area contributed by atoms with Gasteiger partial charge in [-0.3, -0.25) is 0 Å². The fourth-order valence-corrected chi connectivity index (χ4v) is 3.34. The normalized spacial score (nSPS) is 32.4. The Morgan fingerprint density at radius 2 is 2.26 bits per heavy atom. The molecule has 2 aliphatic heterocycles. The Hall–Kier alpha value is -1.22. The highest BCUT2D eigenvalue weighted by atomic mass is 16.5. The number of hydrogen-bond donors (Lipinski definition) is 1. The van der Waals surface area contributed by atoms with Crippen LogP contribution in [0.5, 0.6) is 11.5 Å². The van der Waals surface area contributed by atoms with Crippen LogP contribution in [0, 0.1) is 5.92 Å². The van der Waals surface area contributed by atoms with Crippen molar-refractivity contribution < 1.29 is 9.47 Å². The number of nitrogens with one attached hydrogen (secondary N) is 1. The zero-order valence-corrected chi connectivity index (χ0v) is 11.4. The fraction of sp³-hybridized carbons (Fsp3) is 0.625. The number of benzene rings is 1. The number of fused-ring (bicyclic) bond motifs is 3. The van der Waals surface area contributed by atoms with E-state index < -0.39 is 0 Å². The zero-order valence-electron chi connectivity index (χ0n) is 11.4. The van der Waals surface area contributed by atoms with Gasteiger partial charge in [0.05, 0.1) is 12.1 Å². The molecule has 1 aromatic rings. The molecular formula is C16H21NO2. The Bertz CT molecular complexity index is 498. The molecule has 1 aliphatic carbocycles. The molecule has 0 amide bonds. The molecular weight excluding hydrogens is 238 g/mol. The predicted molar refractivity (Wildman–Crippen MR) is 73.9 cm³/mol. The van der Waals surface area contributed by atoms with E-state index in [0.717, 1.165) is 37.2 Å². The largest absolute Gasteiger partial charge is 0.493 e. The summed E-state index contributed by atoms with van der Waals surface area (Å²) >= 11 is 0. The first-order valence-corrected chi connectivity index (χ1v) is 7.39. The van der Waals surface area contributed by atoms with Gasteiger partial charge >= 0.3 is 0 Å². The molecule has 0 bridgehead atoms. The van der Waals surface area contributed by atoms with Gasteiger partial charge in [-0.2, -0.15) is 0 Å².